The van der Waals surface area contributed by atoms with Crippen molar-refractivity contribution in [1.29, 1.82) is 0 Å². The van der Waals surface area contributed by atoms with Crippen molar-refractivity contribution in [3.8, 4) is 22.8 Å². The minimum atomic E-state index is -1.28. The molecule has 0 spiro atoms. The Morgan fingerprint density at radius 1 is 1.06 bits per heavy atom. The Balaban J connectivity index is 1.20. The number of hydrogen-bond acceptors (Lipinski definition) is 7. The highest BCUT2D eigenvalue weighted by Gasteiger charge is 2.35. The van der Waals surface area contributed by atoms with Crippen LogP contribution in [0, 0.1) is 11.7 Å². The topological polar surface area (TPSA) is 96.9 Å². The Labute approximate surface area is 274 Å². The second kappa shape index (κ2) is 14.4. The number of carbonyl (C=O) groups excluding carboxylic acids is 2. The molecule has 11 heteroatoms. The zero-order valence-corrected chi connectivity index (χ0v) is 27.3. The van der Waals surface area contributed by atoms with Crippen molar-refractivity contribution in [2.45, 2.75) is 77.2 Å². The van der Waals surface area contributed by atoms with Gasteiger partial charge in [-0.1, -0.05) is 20.8 Å². The zero-order chi connectivity index (χ0) is 33.1. The number of alkyl halides is 1. The molecular formula is C36H43F2N5O4. The largest absolute Gasteiger partial charge is 0.457 e. The second-order valence-electron chi connectivity index (χ2n) is 13.4. The van der Waals surface area contributed by atoms with Gasteiger partial charge in [-0.3, -0.25) is 14.5 Å². The van der Waals surface area contributed by atoms with Gasteiger partial charge in [-0.2, -0.15) is 10.2 Å². The highest BCUT2D eigenvalue weighted by atomic mass is 19.1. The fourth-order valence-corrected chi connectivity index (χ4v) is 6.66. The molecule has 0 radical (unpaired) electrons. The van der Waals surface area contributed by atoms with Crippen molar-refractivity contribution >= 4 is 11.8 Å². The molecule has 1 N–H and O–H groups in total. The van der Waals surface area contributed by atoms with Gasteiger partial charge in [0.05, 0.1) is 23.0 Å². The number of halogens is 2. The van der Waals surface area contributed by atoms with Crippen LogP contribution in [0.25, 0.3) is 11.3 Å². The summed E-state index contributed by atoms with van der Waals surface area (Å²) >= 11 is 0. The molecule has 3 saturated heterocycles. The van der Waals surface area contributed by atoms with E-state index in [4.69, 9.17) is 9.47 Å². The van der Waals surface area contributed by atoms with Crippen molar-refractivity contribution in [3.63, 3.8) is 0 Å². The lowest BCUT2D eigenvalue weighted by atomic mass is 9.98. The molecule has 0 bridgehead atoms. The third-order valence-electron chi connectivity index (χ3n) is 9.41. The van der Waals surface area contributed by atoms with Gasteiger partial charge >= 0.3 is 0 Å². The van der Waals surface area contributed by atoms with Crippen LogP contribution >= 0.6 is 0 Å². The first-order chi connectivity index (χ1) is 22.6. The van der Waals surface area contributed by atoms with Gasteiger partial charge in [0, 0.05) is 63.0 Å². The van der Waals surface area contributed by atoms with Gasteiger partial charge in [0.25, 0.3) is 5.91 Å². The molecular weight excluding hydrogens is 604 g/mol. The van der Waals surface area contributed by atoms with Crippen molar-refractivity contribution in [2.24, 2.45) is 5.92 Å². The van der Waals surface area contributed by atoms with Crippen LogP contribution in [0.3, 0.4) is 0 Å². The summed E-state index contributed by atoms with van der Waals surface area (Å²) in [5.74, 6) is -0.279. The summed E-state index contributed by atoms with van der Waals surface area (Å²) in [7, 11) is 0. The molecule has 6 rings (SSSR count). The van der Waals surface area contributed by atoms with Crippen LogP contribution < -0.4 is 10.1 Å². The number of nitrogens with one attached hydrogen (secondary N) is 1. The normalized spacial score (nSPS) is 22.6. The van der Waals surface area contributed by atoms with Gasteiger partial charge in [0.15, 0.2) is 0 Å². The standard InChI is InChI=1S/C36H43F2N5O4/c1-22(2)31-8-9-32(41-40-31)24-4-6-27(7-5-24)47-34-18-28(29(37)17-25(34)20-43-19-23(3)16-35(43)44)36(45)39-33-10-13-42(21-30(33)38)26-11-14-46-15-12-26/h4-9,17-18,22-23,26,30,33H,10-16,19-21H2,1-3H3,(H,39,45)/t23-,30+,33?/m0/s1. The number of hydrogen-bond donors (Lipinski definition) is 1. The zero-order valence-electron chi connectivity index (χ0n) is 27.3. The molecule has 4 heterocycles. The molecule has 3 aliphatic rings. The monoisotopic (exact) mass is 647 g/mol. The molecule has 3 aromatic rings. The number of ether oxygens (including phenoxy) is 2. The van der Waals surface area contributed by atoms with Crippen molar-refractivity contribution in [2.75, 3.05) is 32.8 Å². The van der Waals surface area contributed by atoms with Gasteiger partial charge < -0.3 is 19.7 Å². The predicted molar refractivity (Wildman–Crippen MR) is 173 cm³/mol. The maximum absolute atomic E-state index is 15.6. The third-order valence-corrected chi connectivity index (χ3v) is 9.41. The summed E-state index contributed by atoms with van der Waals surface area (Å²) in [4.78, 5) is 29.8. The smallest absolute Gasteiger partial charge is 0.254 e. The molecule has 3 fully saturated rings. The number of rotatable bonds is 9. The molecule has 2 aromatic carbocycles. The Hall–Kier alpha value is -3.96. The van der Waals surface area contributed by atoms with E-state index in [1.165, 1.54) is 12.1 Å². The molecule has 0 saturated carbocycles. The van der Waals surface area contributed by atoms with Gasteiger partial charge in [-0.25, -0.2) is 8.78 Å². The lowest BCUT2D eigenvalue weighted by Crippen LogP contribution is -2.55. The van der Waals surface area contributed by atoms with E-state index in [0.717, 1.165) is 24.1 Å². The molecule has 1 aromatic heterocycles. The number of aromatic nitrogens is 2. The van der Waals surface area contributed by atoms with Gasteiger partial charge in [0.1, 0.15) is 23.5 Å². The van der Waals surface area contributed by atoms with E-state index in [0.29, 0.717) is 56.2 Å². The summed E-state index contributed by atoms with van der Waals surface area (Å²) in [6.45, 7) is 9.03. The average molecular weight is 648 g/mol. The highest BCUT2D eigenvalue weighted by molar-refractivity contribution is 5.95. The minimum absolute atomic E-state index is 0.0132. The molecule has 0 aliphatic carbocycles. The fraction of sp³-hybridized carbons (Fsp3) is 0.500. The van der Waals surface area contributed by atoms with Gasteiger partial charge in [0.2, 0.25) is 5.91 Å². The first-order valence-electron chi connectivity index (χ1n) is 16.6. The minimum Gasteiger partial charge on any atom is -0.457 e. The van der Waals surface area contributed by atoms with E-state index in [2.05, 4.69) is 34.3 Å². The Morgan fingerprint density at radius 3 is 2.47 bits per heavy atom. The number of amides is 2. The quantitative estimate of drug-likeness (QED) is 0.310. The van der Waals surface area contributed by atoms with E-state index in [1.54, 1.807) is 17.0 Å². The number of carbonyl (C=O) groups is 2. The maximum Gasteiger partial charge on any atom is 0.254 e. The molecule has 1 unspecified atom stereocenters. The summed E-state index contributed by atoms with van der Waals surface area (Å²) < 4.78 is 42.6. The lowest BCUT2D eigenvalue weighted by Gasteiger charge is -2.41. The molecule has 3 aliphatic heterocycles. The number of nitrogens with zero attached hydrogens (tertiary/aromatic N) is 4. The second-order valence-corrected chi connectivity index (χ2v) is 13.4. The SMILES string of the molecule is CC(C)c1ccc(-c2ccc(Oc3cc(C(=O)NC4CCN(C5CCOCC5)C[C@H]4F)c(F)cc3CN3C[C@@H](C)CC3=O)cc2)nn1. The summed E-state index contributed by atoms with van der Waals surface area (Å²) in [5, 5.41) is 11.4. The molecule has 3 atom stereocenters. The number of piperidine rings is 1. The highest BCUT2D eigenvalue weighted by Crippen LogP contribution is 2.33. The van der Waals surface area contributed by atoms with E-state index in [-0.39, 0.29) is 48.2 Å². The van der Waals surface area contributed by atoms with Crippen molar-refractivity contribution in [1.82, 2.24) is 25.3 Å². The van der Waals surface area contributed by atoms with Crippen molar-refractivity contribution in [3.05, 3.63) is 71.2 Å². The van der Waals surface area contributed by atoms with Crippen LogP contribution in [0.15, 0.2) is 48.5 Å². The van der Waals surface area contributed by atoms with Crippen LogP contribution in [-0.4, -0.2) is 82.9 Å². The summed E-state index contributed by atoms with van der Waals surface area (Å²) in [6.07, 6.45) is 1.32. The molecule has 9 nitrogen and oxygen atoms in total. The van der Waals surface area contributed by atoms with Crippen LogP contribution in [0.2, 0.25) is 0 Å². The number of likely N-dealkylation sites (tertiary alicyclic amines) is 2. The van der Waals surface area contributed by atoms with E-state index in [1.807, 2.05) is 31.2 Å². The van der Waals surface area contributed by atoms with Crippen LogP contribution in [0.5, 0.6) is 11.5 Å². The predicted octanol–water partition coefficient (Wildman–Crippen LogP) is 5.89. The molecule has 250 valence electrons. The first kappa shape index (κ1) is 33.0. The van der Waals surface area contributed by atoms with E-state index in [9.17, 15) is 9.59 Å². The van der Waals surface area contributed by atoms with Crippen molar-refractivity contribution < 1.29 is 27.8 Å². The lowest BCUT2D eigenvalue weighted by molar-refractivity contribution is -0.128. The van der Waals surface area contributed by atoms with Crippen LogP contribution in [-0.2, 0) is 16.1 Å². The Kier molecular flexibility index (Phi) is 10.1. The van der Waals surface area contributed by atoms with E-state index >= 15 is 8.78 Å². The van der Waals surface area contributed by atoms with Crippen LogP contribution in [0.1, 0.15) is 74.0 Å². The number of benzene rings is 2. The first-order valence-corrected chi connectivity index (χ1v) is 16.6. The van der Waals surface area contributed by atoms with Gasteiger partial charge in [-0.15, -0.1) is 0 Å². The van der Waals surface area contributed by atoms with Crippen LogP contribution in [0.4, 0.5) is 8.78 Å². The van der Waals surface area contributed by atoms with Gasteiger partial charge in [-0.05, 0) is 79.6 Å². The maximum atomic E-state index is 15.6. The third kappa shape index (κ3) is 7.79. The molecule has 47 heavy (non-hydrogen) atoms. The average Bonchev–Trinajstić information content (AvgIpc) is 3.39. The Morgan fingerprint density at radius 2 is 1.83 bits per heavy atom. The van der Waals surface area contributed by atoms with E-state index < -0.39 is 23.9 Å². The summed E-state index contributed by atoms with van der Waals surface area (Å²) in [5.41, 5.74) is 2.68. The summed E-state index contributed by atoms with van der Waals surface area (Å²) in [6, 6.07) is 13.3. The fourth-order valence-electron chi connectivity index (χ4n) is 6.66. The Bertz CT molecular complexity index is 1560. The molecule has 2 amide bonds.